The van der Waals surface area contributed by atoms with Crippen LogP contribution in [0.2, 0.25) is 0 Å². The van der Waals surface area contributed by atoms with Crippen molar-refractivity contribution in [3.8, 4) is 0 Å². The van der Waals surface area contributed by atoms with E-state index in [0.717, 1.165) is 51.4 Å². The van der Waals surface area contributed by atoms with Crippen LogP contribution in [0.25, 0.3) is 0 Å². The van der Waals surface area contributed by atoms with Gasteiger partial charge in [-0.15, -0.1) is 69.6 Å². The summed E-state index contributed by atoms with van der Waals surface area (Å²) in [4.78, 5) is 126. The van der Waals surface area contributed by atoms with Crippen molar-refractivity contribution in [1.29, 1.82) is 0 Å². The highest BCUT2D eigenvalue weighted by Gasteiger charge is 2.17. The minimum Gasteiger partial charge on any atom is -0.468 e. The van der Waals surface area contributed by atoms with Crippen molar-refractivity contribution >= 4 is 237 Å². The van der Waals surface area contributed by atoms with Gasteiger partial charge in [0.2, 0.25) is 0 Å². The van der Waals surface area contributed by atoms with E-state index in [1.807, 2.05) is 62.3 Å². The number of unbranched alkanes of at least 4 members (excludes halogenated alkanes) is 2. The van der Waals surface area contributed by atoms with Crippen LogP contribution < -0.4 is 0 Å². The third kappa shape index (κ3) is 118. The molecule has 0 aliphatic carbocycles. The summed E-state index contributed by atoms with van der Waals surface area (Å²) in [5, 5.41) is -3.14. The predicted molar refractivity (Wildman–Crippen MR) is 448 cm³/mol. The monoisotopic (exact) mass is 2040 g/mol. The van der Waals surface area contributed by atoms with Crippen LogP contribution in [0.4, 0.5) is 0 Å². The first kappa shape index (κ1) is 131. The number of ether oxygens (including phenoxy) is 12. The Morgan fingerprint density at radius 1 is 0.255 bits per heavy atom. The van der Waals surface area contributed by atoms with Crippen LogP contribution >= 0.6 is 165 Å². The van der Waals surface area contributed by atoms with E-state index in [-0.39, 0.29) is 125 Å². The number of hydrogen-bond acceptors (Lipinski definition) is 24. The molecule has 636 valence electrons. The van der Waals surface area contributed by atoms with E-state index in [1.165, 1.54) is 14.2 Å². The largest absolute Gasteiger partial charge is 0.468 e. The summed E-state index contributed by atoms with van der Waals surface area (Å²) in [6.07, 6.45) is 7.30. The van der Waals surface area contributed by atoms with Crippen LogP contribution in [-0.4, -0.2) is 211 Å². The maximum absolute atomic E-state index is 10.8. The van der Waals surface area contributed by atoms with Gasteiger partial charge < -0.3 is 56.8 Å². The Morgan fingerprint density at radius 2 is 0.462 bits per heavy atom. The van der Waals surface area contributed by atoms with Gasteiger partial charge in [0.05, 0.1) is 78.3 Å². The van der Waals surface area contributed by atoms with E-state index in [1.54, 1.807) is 111 Å². The van der Waals surface area contributed by atoms with E-state index < -0.39 is 32.3 Å². The fourth-order valence-corrected chi connectivity index (χ4v) is 4.92. The first-order valence-electron chi connectivity index (χ1n) is 34.3. The Labute approximate surface area is 715 Å². The van der Waals surface area contributed by atoms with Crippen molar-refractivity contribution in [3.05, 3.63) is 0 Å². The summed E-state index contributed by atoms with van der Waals surface area (Å²) in [5.74, 6) is -3.27. The molecule has 0 radical (unpaired) electrons. The molecule has 24 nitrogen and oxygen atoms in total. The van der Waals surface area contributed by atoms with Crippen LogP contribution in [0, 0.1) is 0 Å². The zero-order chi connectivity index (χ0) is 86.6. The summed E-state index contributed by atoms with van der Waals surface area (Å²) in [7, 11) is 2.67. The topological polar surface area (TPSA) is 316 Å². The Kier molecular flexibility index (Phi) is 114. The predicted octanol–water partition coefficient (Wildman–Crippen LogP) is 19.0. The van der Waals surface area contributed by atoms with Crippen LogP contribution in [0.15, 0.2) is 0 Å². The molecule has 14 atom stereocenters. The van der Waals surface area contributed by atoms with Crippen LogP contribution in [0.5, 0.6) is 0 Å². The molecule has 36 heteroatoms. The molecule has 14 unspecified atom stereocenters. The minimum absolute atomic E-state index is 0.0162. The van der Waals surface area contributed by atoms with Crippen molar-refractivity contribution < 1.29 is 114 Å². The molecule has 0 amide bonds. The molecular formula is C70H128Br6Cl6O24. The molecule has 0 N–H and O–H groups in total. The molecule has 0 bridgehead atoms. The van der Waals surface area contributed by atoms with Crippen LogP contribution in [0.3, 0.4) is 0 Å². The smallest absolute Gasteiger partial charge is 0.324 e. The van der Waals surface area contributed by atoms with Gasteiger partial charge >= 0.3 is 71.6 Å². The maximum atomic E-state index is 10.8. The number of esters is 12. The SMILES string of the molecule is CC(C)OC(=O)C(C)Br.CC(C)OC(=O)C(C)Cl.CCC(C)OC(=O)C(C)Br.CCC(C)OC(=O)C(C)Cl.CCCCOC(=O)C(C)Br.CCCCOC(=O)C(C)Cl.CCCOC(=O)C(C)Br.CCCOC(=O)C(C)Cl.CCOC(=O)C(C)Br.CCOC(=O)C(C)Cl.COC(=O)C(C)Br.COC(=O)C(C)Cl. The van der Waals surface area contributed by atoms with E-state index in [4.69, 9.17) is 103 Å². The Balaban J connectivity index is -0.0000000911. The molecule has 0 rings (SSSR count). The molecule has 0 aromatic carbocycles. The first-order valence-corrected chi connectivity index (χ1v) is 42.5. The number of alkyl halides is 12. The second-order valence-corrected chi connectivity index (χ2v) is 33.8. The molecule has 0 aliphatic heterocycles. The Morgan fingerprint density at radius 3 is 0.632 bits per heavy atom. The summed E-state index contributed by atoms with van der Waals surface area (Å²) >= 11 is 50.8. The number of hydrogen-bond donors (Lipinski definition) is 0. The van der Waals surface area contributed by atoms with Crippen molar-refractivity contribution in [3.63, 3.8) is 0 Å². The lowest BCUT2D eigenvalue weighted by atomic mass is 10.3. The molecule has 0 heterocycles. The fraction of sp³-hybridized carbons (Fsp3) is 0.829. The molecular weight excluding hydrogens is 1920 g/mol. The average molecular weight is 2050 g/mol. The number of carbonyl (C=O) groups excluding carboxylic acids is 12. The molecule has 0 aromatic rings. The van der Waals surface area contributed by atoms with Gasteiger partial charge in [-0.2, -0.15) is 0 Å². The summed E-state index contributed by atoms with van der Waals surface area (Å²) in [6.45, 7) is 49.3. The summed E-state index contributed by atoms with van der Waals surface area (Å²) in [5.41, 5.74) is 0. The molecule has 0 saturated carbocycles. The highest BCUT2D eigenvalue weighted by Crippen LogP contribution is 2.08. The summed E-state index contributed by atoms with van der Waals surface area (Å²) in [6, 6.07) is 0. The minimum atomic E-state index is -0.535. The van der Waals surface area contributed by atoms with Gasteiger partial charge in [0, 0.05) is 0 Å². The first-order chi connectivity index (χ1) is 48.7. The standard InChI is InChI=1S/2C7H13BrO2.2C7H13ClO2.2C6H11BrO2.2C6H11ClO2.C5H9BrO2.C5H9ClO2.C4H7BrO2.C4H7ClO2/c1-4-5(2)10-7(9)6(3)8;1-3-4-5-10-7(9)6(2)8;1-4-5(2)10-7(9)6(3)8;1-3-4-5-10-7(9)6(2)8;1-4(2)9-6(8)5(3)7;1-3-4-9-6(8)5(2)7;1-4(2)9-6(8)5(3)7;1-3-4-9-6(8)5(2)7;2*1-3-8-5(7)4(2)6;2*1-3(5)4(6)7-2/h5-6H,4H2,1-3H3;6H,3-5H2,1-2H3;5-6H,4H2,1-3H3;6H,3-5H2,1-2H3;4-5H,1-3H3;5H,3-4H2,1-2H3;4-5H,1-3H3;5H,3-4H2,1-2H3;2*4H,3H2,1-2H3;2*3H,1-2H3. The number of halogens is 12. The van der Waals surface area contributed by atoms with Crippen molar-refractivity contribution in [2.45, 2.75) is 317 Å². The molecule has 0 saturated heterocycles. The van der Waals surface area contributed by atoms with E-state index in [9.17, 15) is 57.5 Å². The van der Waals surface area contributed by atoms with Gasteiger partial charge in [-0.1, -0.05) is 150 Å². The van der Waals surface area contributed by atoms with Gasteiger partial charge in [-0.25, -0.2) is 0 Å². The van der Waals surface area contributed by atoms with Crippen LogP contribution in [0.1, 0.15) is 231 Å². The average Bonchev–Trinajstić information content (AvgIpc) is 1.06. The Hall–Kier alpha value is -1.74. The lowest BCUT2D eigenvalue weighted by molar-refractivity contribution is -0.148. The van der Waals surface area contributed by atoms with E-state index >= 15 is 0 Å². The zero-order valence-electron chi connectivity index (χ0n) is 67.5. The molecule has 0 fully saturated rings. The quantitative estimate of drug-likeness (QED) is 0.0279. The van der Waals surface area contributed by atoms with Gasteiger partial charge in [-0.05, 0) is 177 Å². The second kappa shape index (κ2) is 92.1. The number of methoxy groups -OCH3 is 2. The lowest BCUT2D eigenvalue weighted by Gasteiger charge is -2.11. The van der Waals surface area contributed by atoms with Gasteiger partial charge in [0.15, 0.2) is 0 Å². The molecule has 106 heavy (non-hydrogen) atoms. The fourth-order valence-electron chi connectivity index (χ4n) is 3.74. The van der Waals surface area contributed by atoms with Crippen molar-refractivity contribution in [2.75, 3.05) is 53.9 Å². The maximum Gasteiger partial charge on any atom is 0.324 e. The highest BCUT2D eigenvalue weighted by molar-refractivity contribution is 9.10. The second-order valence-electron chi connectivity index (χ2n) is 21.6. The van der Waals surface area contributed by atoms with Gasteiger partial charge in [0.1, 0.15) is 61.2 Å². The van der Waals surface area contributed by atoms with E-state index in [2.05, 4.69) is 126 Å². The molecule has 0 aromatic heterocycles. The zero-order valence-corrected chi connectivity index (χ0v) is 81.5. The molecule has 0 spiro atoms. The number of carbonyl (C=O) groups is 12. The van der Waals surface area contributed by atoms with Crippen molar-refractivity contribution in [1.82, 2.24) is 0 Å². The van der Waals surface area contributed by atoms with E-state index in [0.29, 0.717) is 39.6 Å². The third-order valence-electron chi connectivity index (χ3n) is 9.74. The lowest BCUT2D eigenvalue weighted by Crippen LogP contribution is -2.20. The number of rotatable bonds is 30. The third-order valence-corrected chi connectivity index (χ3v) is 13.1. The van der Waals surface area contributed by atoms with Crippen LogP contribution in [-0.2, 0) is 114 Å². The highest BCUT2D eigenvalue weighted by atomic mass is 79.9. The van der Waals surface area contributed by atoms with Gasteiger partial charge in [-0.3, -0.25) is 57.5 Å². The molecule has 0 aliphatic rings. The Bertz CT molecular complexity index is 2020. The van der Waals surface area contributed by atoms with Gasteiger partial charge in [0.25, 0.3) is 0 Å². The van der Waals surface area contributed by atoms with Crippen molar-refractivity contribution in [2.24, 2.45) is 0 Å². The summed E-state index contributed by atoms with van der Waals surface area (Å²) < 4.78 is 56.2. The normalized spacial score (nSPS) is 13.5.